The van der Waals surface area contributed by atoms with Crippen LogP contribution in [0.5, 0.6) is 0 Å². The molecule has 3 N–H and O–H groups in total. The molecule has 0 bridgehead atoms. The lowest BCUT2D eigenvalue weighted by Crippen LogP contribution is -2.31. The lowest BCUT2D eigenvalue weighted by Gasteiger charge is -2.15. The minimum absolute atomic E-state index is 0. The first-order valence-corrected chi connectivity index (χ1v) is 9.76. The second-order valence-electron chi connectivity index (χ2n) is 7.03. The summed E-state index contributed by atoms with van der Waals surface area (Å²) in [7, 11) is 0. The topological polar surface area (TPSA) is 76.7 Å². The first-order valence-electron chi connectivity index (χ1n) is 9.76. The second-order valence-corrected chi connectivity index (χ2v) is 7.03. The van der Waals surface area contributed by atoms with Crippen molar-refractivity contribution in [2.45, 2.75) is 12.5 Å². The molecule has 0 aliphatic heterocycles. The van der Waals surface area contributed by atoms with E-state index in [0.29, 0.717) is 23.8 Å². The van der Waals surface area contributed by atoms with Gasteiger partial charge < -0.3 is 11.1 Å². The Hall–Kier alpha value is -3.35. The van der Waals surface area contributed by atoms with Gasteiger partial charge in [0, 0.05) is 42.3 Å². The van der Waals surface area contributed by atoms with E-state index in [-0.39, 0.29) is 24.3 Å². The monoisotopic (exact) mass is 435 g/mol. The molecule has 0 saturated heterocycles. The van der Waals surface area contributed by atoms with Crippen molar-refractivity contribution >= 4 is 18.4 Å². The van der Waals surface area contributed by atoms with Gasteiger partial charge in [-0.15, -0.1) is 12.4 Å². The molecule has 0 saturated carbocycles. The van der Waals surface area contributed by atoms with Crippen molar-refractivity contribution in [2.75, 3.05) is 11.9 Å². The zero-order valence-corrected chi connectivity index (χ0v) is 17.6. The molecule has 4 aromatic rings. The highest BCUT2D eigenvalue weighted by Crippen LogP contribution is 2.30. The average Bonchev–Trinajstić information content (AvgIpc) is 2.79. The van der Waals surface area contributed by atoms with Crippen LogP contribution in [-0.4, -0.2) is 27.5 Å². The number of hydrogen-bond acceptors (Lipinski definition) is 5. The SMILES string of the molecule is Cl.N[C@@H](CNc1ncc(-c2cccc(F)c2)c(-c2ccncc2)n1)Cc1ccccc1. The molecule has 2 aromatic heterocycles. The quantitative estimate of drug-likeness (QED) is 0.438. The maximum absolute atomic E-state index is 13.8. The van der Waals surface area contributed by atoms with Gasteiger partial charge in [-0.3, -0.25) is 4.98 Å². The van der Waals surface area contributed by atoms with Gasteiger partial charge in [-0.2, -0.15) is 0 Å². The van der Waals surface area contributed by atoms with Crippen LogP contribution in [0.3, 0.4) is 0 Å². The van der Waals surface area contributed by atoms with Crippen molar-refractivity contribution in [2.24, 2.45) is 5.73 Å². The fourth-order valence-corrected chi connectivity index (χ4v) is 3.28. The van der Waals surface area contributed by atoms with Gasteiger partial charge in [0.1, 0.15) is 5.82 Å². The van der Waals surface area contributed by atoms with E-state index in [4.69, 9.17) is 10.7 Å². The van der Waals surface area contributed by atoms with Crippen LogP contribution in [0.4, 0.5) is 10.3 Å². The molecule has 0 aliphatic carbocycles. The van der Waals surface area contributed by atoms with Crippen LogP contribution >= 0.6 is 12.4 Å². The van der Waals surface area contributed by atoms with Crippen LogP contribution in [0.1, 0.15) is 5.56 Å². The molecule has 0 amide bonds. The van der Waals surface area contributed by atoms with Crippen molar-refractivity contribution in [3.8, 4) is 22.4 Å². The molecule has 4 rings (SSSR count). The summed E-state index contributed by atoms with van der Waals surface area (Å²) < 4.78 is 13.8. The van der Waals surface area contributed by atoms with E-state index in [2.05, 4.69) is 27.4 Å². The zero-order valence-electron chi connectivity index (χ0n) is 16.8. The van der Waals surface area contributed by atoms with Gasteiger partial charge in [0.25, 0.3) is 0 Å². The number of nitrogens with two attached hydrogens (primary N) is 1. The molecule has 0 unspecified atom stereocenters. The molecule has 0 aliphatic rings. The maximum atomic E-state index is 13.8. The number of rotatable bonds is 7. The number of benzene rings is 2. The van der Waals surface area contributed by atoms with E-state index in [9.17, 15) is 4.39 Å². The molecule has 0 radical (unpaired) electrons. The van der Waals surface area contributed by atoms with Crippen LogP contribution in [0.15, 0.2) is 85.3 Å². The lowest BCUT2D eigenvalue weighted by molar-refractivity contribution is 0.628. The summed E-state index contributed by atoms with van der Waals surface area (Å²) >= 11 is 0. The summed E-state index contributed by atoms with van der Waals surface area (Å²) in [6, 6.07) is 20.2. The Balaban J connectivity index is 0.00000272. The standard InChI is InChI=1S/C24H22FN5.ClH/c25-20-8-4-7-19(14-20)22-16-29-24(30-23(22)18-9-11-27-12-10-18)28-15-21(26)13-17-5-2-1-3-6-17;/h1-12,14,16,21H,13,15,26H2,(H,28,29,30);1H/t21-;/m1./s1. The van der Waals surface area contributed by atoms with Crippen LogP contribution in [0.2, 0.25) is 0 Å². The third-order valence-electron chi connectivity index (χ3n) is 4.74. The predicted octanol–water partition coefficient (Wildman–Crippen LogP) is 4.75. The molecule has 0 spiro atoms. The summed E-state index contributed by atoms with van der Waals surface area (Å²) in [5, 5.41) is 3.23. The van der Waals surface area contributed by atoms with Gasteiger partial charge in [0.15, 0.2) is 0 Å². The van der Waals surface area contributed by atoms with Crippen molar-refractivity contribution in [1.82, 2.24) is 15.0 Å². The average molecular weight is 436 g/mol. The molecule has 31 heavy (non-hydrogen) atoms. The summed E-state index contributed by atoms with van der Waals surface area (Å²) in [6.07, 6.45) is 5.88. The number of hydrogen-bond donors (Lipinski definition) is 2. The van der Waals surface area contributed by atoms with E-state index < -0.39 is 0 Å². The molecule has 1 atom stereocenters. The van der Waals surface area contributed by atoms with E-state index in [1.165, 1.54) is 17.7 Å². The number of halogens is 2. The Morgan fingerprint density at radius 2 is 1.71 bits per heavy atom. The molecule has 7 heteroatoms. The second kappa shape index (κ2) is 10.6. The van der Waals surface area contributed by atoms with Crippen LogP contribution < -0.4 is 11.1 Å². The van der Waals surface area contributed by atoms with Crippen molar-refractivity contribution in [3.05, 3.63) is 96.7 Å². The fraction of sp³-hybridized carbons (Fsp3) is 0.125. The van der Waals surface area contributed by atoms with Crippen LogP contribution in [0, 0.1) is 5.82 Å². The van der Waals surface area contributed by atoms with E-state index in [0.717, 1.165) is 17.5 Å². The number of aromatic nitrogens is 3. The predicted molar refractivity (Wildman–Crippen MR) is 125 cm³/mol. The normalized spacial score (nSPS) is 11.4. The summed E-state index contributed by atoms with van der Waals surface area (Å²) in [4.78, 5) is 13.2. The molecule has 158 valence electrons. The van der Waals surface area contributed by atoms with Gasteiger partial charge in [0.2, 0.25) is 5.95 Å². The van der Waals surface area contributed by atoms with Gasteiger partial charge in [-0.1, -0.05) is 42.5 Å². The molecule has 2 heterocycles. The smallest absolute Gasteiger partial charge is 0.223 e. The third-order valence-corrected chi connectivity index (χ3v) is 4.74. The number of nitrogens with one attached hydrogen (secondary N) is 1. The summed E-state index contributed by atoms with van der Waals surface area (Å²) in [5.74, 6) is 0.174. The van der Waals surface area contributed by atoms with Crippen LogP contribution in [-0.2, 0) is 6.42 Å². The van der Waals surface area contributed by atoms with Gasteiger partial charge in [-0.25, -0.2) is 14.4 Å². The van der Waals surface area contributed by atoms with Gasteiger partial charge in [0.05, 0.1) is 5.69 Å². The number of anilines is 1. The van der Waals surface area contributed by atoms with E-state index in [1.807, 2.05) is 36.4 Å². The Bertz CT molecular complexity index is 1110. The number of pyridine rings is 1. The molecular weight excluding hydrogens is 413 g/mol. The minimum atomic E-state index is -0.303. The molecular formula is C24H23ClFN5. The van der Waals surface area contributed by atoms with E-state index in [1.54, 1.807) is 24.7 Å². The Morgan fingerprint density at radius 1 is 0.935 bits per heavy atom. The van der Waals surface area contributed by atoms with Crippen molar-refractivity contribution in [3.63, 3.8) is 0 Å². The molecule has 0 fully saturated rings. The highest BCUT2D eigenvalue weighted by molar-refractivity contribution is 5.85. The van der Waals surface area contributed by atoms with Crippen molar-refractivity contribution in [1.29, 1.82) is 0 Å². The zero-order chi connectivity index (χ0) is 20.8. The third kappa shape index (κ3) is 5.84. The van der Waals surface area contributed by atoms with Gasteiger partial charge >= 0.3 is 0 Å². The first kappa shape index (κ1) is 22.3. The molecule has 5 nitrogen and oxygen atoms in total. The van der Waals surface area contributed by atoms with E-state index >= 15 is 0 Å². The first-order chi connectivity index (χ1) is 14.7. The molecule has 2 aromatic carbocycles. The van der Waals surface area contributed by atoms with Crippen LogP contribution in [0.25, 0.3) is 22.4 Å². The highest BCUT2D eigenvalue weighted by Gasteiger charge is 2.13. The van der Waals surface area contributed by atoms with Gasteiger partial charge in [-0.05, 0) is 41.8 Å². The highest BCUT2D eigenvalue weighted by atomic mass is 35.5. The largest absolute Gasteiger partial charge is 0.353 e. The summed E-state index contributed by atoms with van der Waals surface area (Å²) in [6.45, 7) is 0.532. The Morgan fingerprint density at radius 3 is 2.45 bits per heavy atom. The number of nitrogens with zero attached hydrogens (tertiary/aromatic N) is 3. The maximum Gasteiger partial charge on any atom is 0.223 e. The van der Waals surface area contributed by atoms with Crippen molar-refractivity contribution < 1.29 is 4.39 Å². The summed E-state index contributed by atoms with van der Waals surface area (Å²) in [5.41, 5.74) is 10.5. The Labute approximate surface area is 187 Å². The Kier molecular flexibility index (Phi) is 7.65. The lowest BCUT2D eigenvalue weighted by atomic mass is 10.0. The fourth-order valence-electron chi connectivity index (χ4n) is 3.28. The minimum Gasteiger partial charge on any atom is -0.353 e.